The minimum atomic E-state index is -0.653. The number of aliphatic hydroxyl groups excluding tert-OH is 1. The second-order valence-electron chi connectivity index (χ2n) is 3.94. The number of halogens is 1. The van der Waals surface area contributed by atoms with Crippen molar-refractivity contribution in [2.24, 2.45) is 5.73 Å². The zero-order chi connectivity index (χ0) is 15.1. The van der Waals surface area contributed by atoms with Crippen molar-refractivity contribution in [2.45, 2.75) is 6.92 Å². The number of hydrogen-bond acceptors (Lipinski definition) is 3. The number of rotatable bonds is 4. The van der Waals surface area contributed by atoms with Gasteiger partial charge in [-0.3, -0.25) is 9.59 Å². The Kier molecular flexibility index (Phi) is 5.69. The van der Waals surface area contributed by atoms with Crippen LogP contribution in [0.25, 0.3) is 0 Å². The van der Waals surface area contributed by atoms with Crippen LogP contribution in [0.3, 0.4) is 0 Å². The van der Waals surface area contributed by atoms with Gasteiger partial charge in [-0.15, -0.1) is 0 Å². The van der Waals surface area contributed by atoms with Crippen LogP contribution in [0.1, 0.15) is 22.8 Å². The number of nitrogens with zero attached hydrogens (tertiary/aromatic N) is 1. The summed E-state index contributed by atoms with van der Waals surface area (Å²) in [4.78, 5) is 24.4. The highest BCUT2D eigenvalue weighted by Gasteiger charge is 2.19. The molecular formula is C14H15FN2O3. The third kappa shape index (κ3) is 4.07. The van der Waals surface area contributed by atoms with Crippen LogP contribution in [-0.4, -0.2) is 41.5 Å². The number of amides is 2. The molecule has 0 aliphatic heterocycles. The number of primary amides is 1. The summed E-state index contributed by atoms with van der Waals surface area (Å²) in [6.45, 7) is 1.31. The normalized spacial score (nSPS) is 9.55. The fraction of sp³-hybridized carbons (Fsp3) is 0.286. The summed E-state index contributed by atoms with van der Waals surface area (Å²) >= 11 is 0. The molecule has 1 rings (SSSR count). The molecule has 0 saturated heterocycles. The predicted molar refractivity (Wildman–Crippen MR) is 71.1 cm³/mol. The van der Waals surface area contributed by atoms with Crippen LogP contribution in [0.4, 0.5) is 4.39 Å². The highest BCUT2D eigenvalue weighted by atomic mass is 19.1. The molecule has 0 radical (unpaired) electrons. The molecule has 6 heteroatoms. The predicted octanol–water partition coefficient (Wildman–Crippen LogP) is 0.117. The summed E-state index contributed by atoms with van der Waals surface area (Å²) in [6.07, 6.45) is 0. The standard InChI is InChI=1S/C14H15FN2O3/c1-2-17(9-13(16)19)14(20)12-8-11(15)6-5-10(12)4-3-7-18/h5-6,8,18H,2,7,9H2,1H3,(H2,16,19). The van der Waals surface area contributed by atoms with Crippen molar-refractivity contribution >= 4 is 11.8 Å². The third-order valence-electron chi connectivity index (χ3n) is 2.53. The number of likely N-dealkylation sites (N-methyl/N-ethyl adjacent to an activating group) is 1. The fourth-order valence-electron chi connectivity index (χ4n) is 1.62. The highest BCUT2D eigenvalue weighted by Crippen LogP contribution is 2.13. The molecule has 3 N–H and O–H groups in total. The van der Waals surface area contributed by atoms with Gasteiger partial charge < -0.3 is 15.7 Å². The van der Waals surface area contributed by atoms with Crippen molar-refractivity contribution in [3.63, 3.8) is 0 Å². The summed E-state index contributed by atoms with van der Waals surface area (Å²) in [6, 6.07) is 3.57. The molecule has 0 saturated carbocycles. The van der Waals surface area contributed by atoms with E-state index in [1.165, 1.54) is 17.0 Å². The molecule has 1 aromatic carbocycles. The summed E-state index contributed by atoms with van der Waals surface area (Å²) < 4.78 is 13.3. The smallest absolute Gasteiger partial charge is 0.255 e. The second kappa shape index (κ2) is 7.26. The minimum Gasteiger partial charge on any atom is -0.384 e. The monoisotopic (exact) mass is 278 g/mol. The van der Waals surface area contributed by atoms with E-state index in [0.717, 1.165) is 6.07 Å². The van der Waals surface area contributed by atoms with E-state index in [9.17, 15) is 14.0 Å². The van der Waals surface area contributed by atoms with Crippen LogP contribution in [0.5, 0.6) is 0 Å². The SMILES string of the molecule is CCN(CC(N)=O)C(=O)c1cc(F)ccc1C#CCO. The van der Waals surface area contributed by atoms with E-state index >= 15 is 0 Å². The Hall–Kier alpha value is -2.39. The fourth-order valence-corrected chi connectivity index (χ4v) is 1.62. The van der Waals surface area contributed by atoms with Crippen molar-refractivity contribution in [2.75, 3.05) is 19.7 Å². The molecule has 1 aromatic rings. The highest BCUT2D eigenvalue weighted by molar-refractivity contribution is 5.98. The molecule has 5 nitrogen and oxygen atoms in total. The summed E-state index contributed by atoms with van der Waals surface area (Å²) in [7, 11) is 0. The molecule has 2 amide bonds. The molecule has 0 fully saturated rings. The third-order valence-corrected chi connectivity index (χ3v) is 2.53. The topological polar surface area (TPSA) is 83.6 Å². The number of hydrogen-bond donors (Lipinski definition) is 2. The van der Waals surface area contributed by atoms with Gasteiger partial charge in [0.05, 0.1) is 12.1 Å². The van der Waals surface area contributed by atoms with Crippen molar-refractivity contribution in [3.8, 4) is 11.8 Å². The van der Waals surface area contributed by atoms with E-state index in [-0.39, 0.29) is 30.8 Å². The van der Waals surface area contributed by atoms with Crippen LogP contribution in [0.2, 0.25) is 0 Å². The number of carbonyl (C=O) groups excluding carboxylic acids is 2. The average molecular weight is 278 g/mol. The second-order valence-corrected chi connectivity index (χ2v) is 3.94. The molecule has 106 valence electrons. The number of nitrogens with two attached hydrogens (primary N) is 1. The minimum absolute atomic E-state index is 0.0362. The Labute approximate surface area is 116 Å². The number of aliphatic hydroxyl groups is 1. The van der Waals surface area contributed by atoms with Gasteiger partial charge in [-0.1, -0.05) is 11.8 Å². The Morgan fingerprint density at radius 3 is 2.70 bits per heavy atom. The molecule has 0 heterocycles. The largest absolute Gasteiger partial charge is 0.384 e. The number of carbonyl (C=O) groups is 2. The first-order valence-electron chi connectivity index (χ1n) is 5.96. The lowest BCUT2D eigenvalue weighted by atomic mass is 10.1. The lowest BCUT2D eigenvalue weighted by molar-refractivity contribution is -0.118. The van der Waals surface area contributed by atoms with E-state index in [2.05, 4.69) is 11.8 Å². The lowest BCUT2D eigenvalue weighted by Crippen LogP contribution is -2.38. The van der Waals surface area contributed by atoms with E-state index < -0.39 is 17.6 Å². The van der Waals surface area contributed by atoms with Gasteiger partial charge in [-0.2, -0.15) is 0 Å². The molecule has 0 aromatic heterocycles. The zero-order valence-electron chi connectivity index (χ0n) is 11.0. The molecule has 0 bridgehead atoms. The van der Waals surface area contributed by atoms with Crippen LogP contribution in [-0.2, 0) is 4.79 Å². The van der Waals surface area contributed by atoms with Crippen molar-refractivity contribution in [1.82, 2.24) is 4.90 Å². The van der Waals surface area contributed by atoms with Crippen LogP contribution < -0.4 is 5.73 Å². The van der Waals surface area contributed by atoms with E-state index in [4.69, 9.17) is 10.8 Å². The van der Waals surface area contributed by atoms with Crippen molar-refractivity contribution in [1.29, 1.82) is 0 Å². The van der Waals surface area contributed by atoms with E-state index in [1.54, 1.807) is 6.92 Å². The van der Waals surface area contributed by atoms with Gasteiger partial charge in [-0.25, -0.2) is 4.39 Å². The first-order valence-corrected chi connectivity index (χ1v) is 5.96. The first-order chi connectivity index (χ1) is 9.49. The Morgan fingerprint density at radius 2 is 2.15 bits per heavy atom. The maximum Gasteiger partial charge on any atom is 0.255 e. The molecular weight excluding hydrogens is 263 g/mol. The lowest BCUT2D eigenvalue weighted by Gasteiger charge is -2.19. The van der Waals surface area contributed by atoms with E-state index in [0.29, 0.717) is 0 Å². The van der Waals surface area contributed by atoms with Gasteiger partial charge in [0.1, 0.15) is 12.4 Å². The first kappa shape index (κ1) is 15.7. The van der Waals surface area contributed by atoms with Gasteiger partial charge in [-0.05, 0) is 25.1 Å². The number of benzene rings is 1. The molecule has 0 aliphatic rings. The van der Waals surface area contributed by atoms with Crippen molar-refractivity contribution in [3.05, 3.63) is 35.1 Å². The molecule has 0 unspecified atom stereocenters. The molecule has 0 spiro atoms. The molecule has 0 aliphatic carbocycles. The molecule has 0 atom stereocenters. The van der Waals surface area contributed by atoms with Gasteiger partial charge in [0.2, 0.25) is 5.91 Å². The van der Waals surface area contributed by atoms with Crippen molar-refractivity contribution < 1.29 is 19.1 Å². The van der Waals surface area contributed by atoms with Gasteiger partial charge in [0, 0.05) is 12.1 Å². The quantitative estimate of drug-likeness (QED) is 0.767. The van der Waals surface area contributed by atoms with Gasteiger partial charge in [0.25, 0.3) is 5.91 Å². The van der Waals surface area contributed by atoms with Crippen LogP contribution in [0.15, 0.2) is 18.2 Å². The van der Waals surface area contributed by atoms with Crippen LogP contribution >= 0.6 is 0 Å². The summed E-state index contributed by atoms with van der Waals surface area (Å²) in [5.41, 5.74) is 5.39. The van der Waals surface area contributed by atoms with Crippen LogP contribution in [0, 0.1) is 17.7 Å². The Bertz CT molecular complexity index is 576. The zero-order valence-corrected chi connectivity index (χ0v) is 11.0. The van der Waals surface area contributed by atoms with Gasteiger partial charge in [0.15, 0.2) is 0 Å². The van der Waals surface area contributed by atoms with E-state index in [1.807, 2.05) is 0 Å². The maximum atomic E-state index is 13.3. The summed E-state index contributed by atoms with van der Waals surface area (Å²) in [5, 5.41) is 8.68. The summed E-state index contributed by atoms with van der Waals surface area (Å²) in [5.74, 6) is 3.20. The Morgan fingerprint density at radius 1 is 1.45 bits per heavy atom. The van der Waals surface area contributed by atoms with Gasteiger partial charge >= 0.3 is 0 Å². The maximum absolute atomic E-state index is 13.3. The average Bonchev–Trinajstić information content (AvgIpc) is 2.42. The Balaban J connectivity index is 3.18. The molecule has 20 heavy (non-hydrogen) atoms.